The van der Waals surface area contributed by atoms with Crippen molar-refractivity contribution in [3.05, 3.63) is 5.01 Å². The summed E-state index contributed by atoms with van der Waals surface area (Å²) in [6, 6.07) is 0. The lowest BCUT2D eigenvalue weighted by molar-refractivity contribution is 0.259. The Morgan fingerprint density at radius 3 is 2.76 bits per heavy atom. The molecule has 0 saturated heterocycles. The average molecular weight is 258 g/mol. The van der Waals surface area contributed by atoms with Crippen LogP contribution in [-0.4, -0.2) is 48.9 Å². The third kappa shape index (κ3) is 6.55. The fourth-order valence-corrected chi connectivity index (χ4v) is 1.83. The van der Waals surface area contributed by atoms with Crippen molar-refractivity contribution in [3.8, 4) is 5.19 Å². The third-order valence-corrected chi connectivity index (χ3v) is 2.88. The highest BCUT2D eigenvalue weighted by Gasteiger charge is 2.05. The molecular weight excluding hydrogens is 236 g/mol. The van der Waals surface area contributed by atoms with Crippen molar-refractivity contribution < 1.29 is 4.74 Å². The van der Waals surface area contributed by atoms with Gasteiger partial charge in [-0.2, -0.15) is 0 Å². The molecule has 1 N–H and O–H groups in total. The summed E-state index contributed by atoms with van der Waals surface area (Å²) in [6.45, 7) is 7.68. The molecule has 0 aliphatic carbocycles. The molecule has 98 valence electrons. The SMILES string of the molecule is CC(C)CNCc1nnc(OCCN(C)C)s1. The predicted octanol–water partition coefficient (Wildman–Crippen LogP) is 1.22. The molecule has 0 saturated carbocycles. The standard InChI is InChI=1S/C11H22N4OS/c1-9(2)7-12-8-10-13-14-11(17-10)16-6-5-15(3)4/h9,12H,5-8H2,1-4H3. The lowest BCUT2D eigenvalue weighted by Crippen LogP contribution is -2.19. The van der Waals surface area contributed by atoms with Gasteiger partial charge < -0.3 is 15.0 Å². The van der Waals surface area contributed by atoms with Gasteiger partial charge in [-0.15, -0.1) is 10.2 Å². The first-order valence-corrected chi connectivity index (χ1v) is 6.70. The van der Waals surface area contributed by atoms with Crippen molar-refractivity contribution in [1.29, 1.82) is 0 Å². The van der Waals surface area contributed by atoms with Crippen molar-refractivity contribution in [2.24, 2.45) is 5.92 Å². The lowest BCUT2D eigenvalue weighted by atomic mass is 10.2. The third-order valence-electron chi connectivity index (χ3n) is 2.04. The van der Waals surface area contributed by atoms with Gasteiger partial charge in [0.05, 0.1) is 0 Å². The molecule has 0 unspecified atom stereocenters. The van der Waals surface area contributed by atoms with Gasteiger partial charge in [-0.3, -0.25) is 0 Å². The van der Waals surface area contributed by atoms with Crippen LogP contribution in [0.2, 0.25) is 0 Å². The number of hydrogen-bond acceptors (Lipinski definition) is 6. The first-order chi connectivity index (χ1) is 8.08. The normalized spacial score (nSPS) is 11.4. The fourth-order valence-electron chi connectivity index (χ4n) is 1.15. The minimum absolute atomic E-state index is 0.652. The van der Waals surface area contributed by atoms with Crippen molar-refractivity contribution >= 4 is 11.3 Å². The zero-order valence-corrected chi connectivity index (χ0v) is 11.9. The molecule has 0 aliphatic rings. The van der Waals surface area contributed by atoms with Crippen LogP contribution in [0.3, 0.4) is 0 Å². The summed E-state index contributed by atoms with van der Waals surface area (Å²) in [5, 5.41) is 13.0. The van der Waals surface area contributed by atoms with Gasteiger partial charge in [0.15, 0.2) is 0 Å². The second kappa shape index (κ2) is 7.58. The van der Waals surface area contributed by atoms with Crippen molar-refractivity contribution in [1.82, 2.24) is 20.4 Å². The molecule has 0 spiro atoms. The average Bonchev–Trinajstić information content (AvgIpc) is 2.65. The zero-order chi connectivity index (χ0) is 12.7. The minimum atomic E-state index is 0.652. The molecular formula is C11H22N4OS. The lowest BCUT2D eigenvalue weighted by Gasteiger charge is -2.08. The maximum atomic E-state index is 5.50. The summed E-state index contributed by atoms with van der Waals surface area (Å²) in [5.41, 5.74) is 0. The van der Waals surface area contributed by atoms with Crippen LogP contribution in [0.25, 0.3) is 0 Å². The molecule has 1 rings (SSSR count). The second-order valence-electron chi connectivity index (χ2n) is 4.64. The van der Waals surface area contributed by atoms with Gasteiger partial charge in [0, 0.05) is 13.1 Å². The fraction of sp³-hybridized carbons (Fsp3) is 0.818. The summed E-state index contributed by atoms with van der Waals surface area (Å²) in [4.78, 5) is 2.08. The van der Waals surface area contributed by atoms with Crippen LogP contribution in [0.15, 0.2) is 0 Å². The van der Waals surface area contributed by atoms with Gasteiger partial charge in [0.2, 0.25) is 0 Å². The van der Waals surface area contributed by atoms with Gasteiger partial charge in [-0.1, -0.05) is 25.2 Å². The molecule has 1 heterocycles. The quantitative estimate of drug-likeness (QED) is 0.760. The Kier molecular flexibility index (Phi) is 6.39. The van der Waals surface area contributed by atoms with Crippen molar-refractivity contribution in [2.45, 2.75) is 20.4 Å². The highest BCUT2D eigenvalue weighted by atomic mass is 32.1. The molecule has 0 aliphatic heterocycles. The Labute approximate surface area is 107 Å². The summed E-state index contributed by atoms with van der Waals surface area (Å²) in [7, 11) is 4.04. The van der Waals surface area contributed by atoms with E-state index in [9.17, 15) is 0 Å². The summed E-state index contributed by atoms with van der Waals surface area (Å²) < 4.78 is 5.50. The van der Waals surface area contributed by atoms with Crippen LogP contribution in [0.1, 0.15) is 18.9 Å². The van der Waals surface area contributed by atoms with Crippen LogP contribution in [0, 0.1) is 5.92 Å². The zero-order valence-electron chi connectivity index (χ0n) is 11.1. The first kappa shape index (κ1) is 14.3. The van der Waals surface area contributed by atoms with Gasteiger partial charge in [0.1, 0.15) is 11.6 Å². The molecule has 0 amide bonds. The Balaban J connectivity index is 2.23. The highest BCUT2D eigenvalue weighted by Crippen LogP contribution is 2.17. The van der Waals surface area contributed by atoms with Crippen LogP contribution in [-0.2, 0) is 6.54 Å². The Morgan fingerprint density at radius 1 is 1.35 bits per heavy atom. The minimum Gasteiger partial charge on any atom is -0.468 e. The van der Waals surface area contributed by atoms with Gasteiger partial charge in [-0.25, -0.2) is 0 Å². The second-order valence-corrected chi connectivity index (χ2v) is 5.66. The topological polar surface area (TPSA) is 50.3 Å². The molecule has 17 heavy (non-hydrogen) atoms. The number of aromatic nitrogens is 2. The number of rotatable bonds is 8. The van der Waals surface area contributed by atoms with E-state index < -0.39 is 0 Å². The van der Waals surface area contributed by atoms with Crippen LogP contribution < -0.4 is 10.1 Å². The molecule has 0 atom stereocenters. The summed E-state index contributed by atoms with van der Waals surface area (Å²) in [6.07, 6.45) is 0. The maximum absolute atomic E-state index is 5.50. The molecule has 1 aromatic rings. The summed E-state index contributed by atoms with van der Waals surface area (Å²) >= 11 is 1.51. The molecule has 0 fully saturated rings. The van der Waals surface area contributed by atoms with E-state index >= 15 is 0 Å². The Morgan fingerprint density at radius 2 is 2.12 bits per heavy atom. The van der Waals surface area contributed by atoms with E-state index in [2.05, 4.69) is 34.3 Å². The van der Waals surface area contributed by atoms with Crippen LogP contribution >= 0.6 is 11.3 Å². The van der Waals surface area contributed by atoms with E-state index in [0.29, 0.717) is 17.7 Å². The number of hydrogen-bond donors (Lipinski definition) is 1. The van der Waals surface area contributed by atoms with Crippen LogP contribution in [0.5, 0.6) is 5.19 Å². The monoisotopic (exact) mass is 258 g/mol. The molecule has 0 bridgehead atoms. The maximum Gasteiger partial charge on any atom is 0.294 e. The Hall–Kier alpha value is -0.720. The predicted molar refractivity (Wildman–Crippen MR) is 70.5 cm³/mol. The smallest absolute Gasteiger partial charge is 0.294 e. The molecule has 5 nitrogen and oxygen atoms in total. The van der Waals surface area contributed by atoms with E-state index in [-0.39, 0.29) is 0 Å². The largest absolute Gasteiger partial charge is 0.468 e. The highest BCUT2D eigenvalue weighted by molar-refractivity contribution is 7.13. The first-order valence-electron chi connectivity index (χ1n) is 5.88. The number of nitrogens with one attached hydrogen (secondary N) is 1. The summed E-state index contributed by atoms with van der Waals surface area (Å²) in [5.74, 6) is 0.652. The van der Waals surface area contributed by atoms with Crippen molar-refractivity contribution in [2.75, 3.05) is 33.8 Å². The van der Waals surface area contributed by atoms with Gasteiger partial charge in [0.25, 0.3) is 5.19 Å². The molecule has 0 radical (unpaired) electrons. The molecule has 1 aromatic heterocycles. The molecule has 6 heteroatoms. The number of ether oxygens (including phenoxy) is 1. The van der Waals surface area contributed by atoms with E-state index in [1.54, 1.807) is 0 Å². The van der Waals surface area contributed by atoms with Crippen LogP contribution in [0.4, 0.5) is 0 Å². The number of nitrogens with zero attached hydrogens (tertiary/aromatic N) is 3. The van der Waals surface area contributed by atoms with Crippen molar-refractivity contribution in [3.63, 3.8) is 0 Å². The Bertz CT molecular complexity index is 286. The number of likely N-dealkylation sites (N-methyl/N-ethyl adjacent to an activating group) is 1. The van der Waals surface area contributed by atoms with E-state index in [0.717, 1.165) is 24.6 Å². The van der Waals surface area contributed by atoms with E-state index in [1.807, 2.05) is 14.1 Å². The van der Waals surface area contributed by atoms with E-state index in [4.69, 9.17) is 4.74 Å². The van der Waals surface area contributed by atoms with Gasteiger partial charge in [-0.05, 0) is 26.6 Å². The van der Waals surface area contributed by atoms with E-state index in [1.165, 1.54) is 11.3 Å². The molecule has 0 aromatic carbocycles. The van der Waals surface area contributed by atoms with Gasteiger partial charge >= 0.3 is 0 Å².